The van der Waals surface area contributed by atoms with Gasteiger partial charge in [-0.05, 0) is 12.1 Å². The molecule has 0 saturated heterocycles. The maximum absolute atomic E-state index is 11.8. The molecule has 2 aromatic rings. The lowest BCUT2D eigenvalue weighted by atomic mass is 10.2. The Bertz CT molecular complexity index is 715. The number of hydrogen-bond acceptors (Lipinski definition) is 4. The molecule has 1 N–H and O–H groups in total. The van der Waals surface area contributed by atoms with Gasteiger partial charge >= 0.3 is 11.7 Å². The largest absolute Gasteiger partial charge is 0.480 e. The lowest BCUT2D eigenvalue weighted by Gasteiger charge is -2.02. The number of carboxylic acid groups (broad SMARTS) is 1. The van der Waals surface area contributed by atoms with Gasteiger partial charge < -0.3 is 9.52 Å². The van der Waals surface area contributed by atoms with Gasteiger partial charge in [0.15, 0.2) is 0 Å². The van der Waals surface area contributed by atoms with E-state index in [1.165, 1.54) is 18.2 Å². The van der Waals surface area contributed by atoms with E-state index in [1.54, 1.807) is 0 Å². The van der Waals surface area contributed by atoms with Crippen LogP contribution in [0, 0.1) is 0 Å². The van der Waals surface area contributed by atoms with Crippen LogP contribution in [0.3, 0.4) is 0 Å². The van der Waals surface area contributed by atoms with E-state index in [-0.39, 0.29) is 11.0 Å². The molecule has 0 amide bonds. The first-order chi connectivity index (χ1) is 7.99. The first kappa shape index (κ1) is 11.4. The summed E-state index contributed by atoms with van der Waals surface area (Å²) in [6.45, 7) is -0.736. The minimum atomic E-state index is -1.30. The van der Waals surface area contributed by atoms with Gasteiger partial charge in [-0.15, -0.1) is 0 Å². The molecule has 17 heavy (non-hydrogen) atoms. The Labute approximate surface area is 98.7 Å². The van der Waals surface area contributed by atoms with Crippen LogP contribution in [0.2, 0.25) is 5.02 Å². The fourth-order valence-corrected chi connectivity index (χ4v) is 1.57. The molecule has 88 valence electrons. The van der Waals surface area contributed by atoms with Gasteiger partial charge in [-0.2, -0.15) is 0 Å². The molecular formula is C10H6ClNO5. The van der Waals surface area contributed by atoms with Gasteiger partial charge in [0.2, 0.25) is 0 Å². The summed E-state index contributed by atoms with van der Waals surface area (Å²) >= 11 is 5.68. The average Bonchev–Trinajstić information content (AvgIpc) is 2.23. The standard InChI is InChI=1S/C10H6ClNO5/c11-5-1-2-6-7(3-5)17-10(16)12(9(6)15)4-8(13)14/h1-3H,4H2,(H,13,14). The first-order valence-electron chi connectivity index (χ1n) is 4.54. The molecule has 0 radical (unpaired) electrons. The molecule has 0 saturated carbocycles. The molecule has 0 bridgehead atoms. The SMILES string of the molecule is O=C(O)Cn1c(=O)oc2cc(Cl)ccc2c1=O. The fraction of sp³-hybridized carbons (Fsp3) is 0.100. The Morgan fingerprint density at radius 2 is 2.12 bits per heavy atom. The monoisotopic (exact) mass is 255 g/mol. The molecule has 6 nitrogen and oxygen atoms in total. The van der Waals surface area contributed by atoms with Gasteiger partial charge in [-0.3, -0.25) is 9.59 Å². The van der Waals surface area contributed by atoms with E-state index in [9.17, 15) is 14.4 Å². The van der Waals surface area contributed by atoms with Crippen molar-refractivity contribution in [2.45, 2.75) is 6.54 Å². The molecule has 2 rings (SSSR count). The number of carboxylic acids is 1. The number of carbonyl (C=O) groups is 1. The van der Waals surface area contributed by atoms with Crippen molar-refractivity contribution < 1.29 is 14.3 Å². The second-order valence-corrected chi connectivity index (χ2v) is 3.73. The molecule has 0 aliphatic rings. The van der Waals surface area contributed by atoms with Crippen molar-refractivity contribution >= 4 is 28.5 Å². The van der Waals surface area contributed by atoms with E-state index >= 15 is 0 Å². The number of fused-ring (bicyclic) bond motifs is 1. The Balaban J connectivity index is 2.81. The average molecular weight is 256 g/mol. The Hall–Kier alpha value is -2.08. The van der Waals surface area contributed by atoms with Crippen LogP contribution < -0.4 is 11.3 Å². The third-order valence-electron chi connectivity index (χ3n) is 2.13. The summed E-state index contributed by atoms with van der Waals surface area (Å²) in [6, 6.07) is 4.16. The van der Waals surface area contributed by atoms with Gasteiger partial charge in [-0.1, -0.05) is 11.6 Å². The van der Waals surface area contributed by atoms with E-state index in [4.69, 9.17) is 21.1 Å². The zero-order chi connectivity index (χ0) is 12.6. The fourth-order valence-electron chi connectivity index (χ4n) is 1.41. The highest BCUT2D eigenvalue weighted by Gasteiger charge is 2.12. The van der Waals surface area contributed by atoms with Gasteiger partial charge in [0.05, 0.1) is 5.39 Å². The van der Waals surface area contributed by atoms with Crippen molar-refractivity contribution in [1.82, 2.24) is 4.57 Å². The van der Waals surface area contributed by atoms with Crippen molar-refractivity contribution in [3.05, 3.63) is 44.1 Å². The molecule has 0 aliphatic heterocycles. The number of rotatable bonds is 2. The summed E-state index contributed by atoms with van der Waals surface area (Å²) in [7, 11) is 0. The maximum atomic E-state index is 11.8. The van der Waals surface area contributed by atoms with Crippen LogP contribution in [0.5, 0.6) is 0 Å². The molecule has 1 heterocycles. The van der Waals surface area contributed by atoms with Crippen LogP contribution in [0.1, 0.15) is 0 Å². The van der Waals surface area contributed by atoms with Crippen LogP contribution in [-0.2, 0) is 11.3 Å². The van der Waals surface area contributed by atoms with Gasteiger partial charge in [0.25, 0.3) is 5.56 Å². The molecule has 7 heteroatoms. The Kier molecular flexibility index (Phi) is 2.72. The van der Waals surface area contributed by atoms with Gasteiger partial charge in [0.1, 0.15) is 12.1 Å². The summed E-state index contributed by atoms with van der Waals surface area (Å²) in [5.41, 5.74) is -0.676. The normalized spacial score (nSPS) is 10.6. The van der Waals surface area contributed by atoms with E-state index in [0.717, 1.165) is 0 Å². The molecule has 0 aliphatic carbocycles. The molecule has 1 aromatic heterocycles. The highest BCUT2D eigenvalue weighted by atomic mass is 35.5. The molecule has 1 aromatic carbocycles. The van der Waals surface area contributed by atoms with Crippen molar-refractivity contribution in [2.24, 2.45) is 0 Å². The Morgan fingerprint density at radius 3 is 2.76 bits per heavy atom. The lowest BCUT2D eigenvalue weighted by Crippen LogP contribution is -2.35. The first-order valence-corrected chi connectivity index (χ1v) is 4.92. The zero-order valence-electron chi connectivity index (χ0n) is 8.34. The predicted molar refractivity (Wildman–Crippen MR) is 59.4 cm³/mol. The molecule has 0 fully saturated rings. The lowest BCUT2D eigenvalue weighted by molar-refractivity contribution is -0.137. The second-order valence-electron chi connectivity index (χ2n) is 3.29. The van der Waals surface area contributed by atoms with E-state index in [2.05, 4.69) is 0 Å². The van der Waals surface area contributed by atoms with Gasteiger partial charge in [-0.25, -0.2) is 9.36 Å². The number of halogens is 1. The van der Waals surface area contributed by atoms with Crippen LogP contribution in [0.4, 0.5) is 0 Å². The summed E-state index contributed by atoms with van der Waals surface area (Å²) < 4.78 is 5.33. The summed E-state index contributed by atoms with van der Waals surface area (Å²) in [5, 5.41) is 8.99. The van der Waals surface area contributed by atoms with E-state index in [1.807, 2.05) is 0 Å². The van der Waals surface area contributed by atoms with Crippen molar-refractivity contribution in [2.75, 3.05) is 0 Å². The summed E-state index contributed by atoms with van der Waals surface area (Å²) in [5.74, 6) is -2.32. The van der Waals surface area contributed by atoms with Crippen LogP contribution in [-0.4, -0.2) is 15.6 Å². The molecule has 0 spiro atoms. The minimum Gasteiger partial charge on any atom is -0.480 e. The molecule has 0 unspecified atom stereocenters. The van der Waals surface area contributed by atoms with Crippen molar-refractivity contribution in [1.29, 1.82) is 0 Å². The number of aromatic nitrogens is 1. The number of aliphatic carboxylic acids is 1. The smallest absolute Gasteiger partial charge is 0.422 e. The third kappa shape index (κ3) is 2.07. The summed E-state index contributed by atoms with van der Waals surface area (Å²) in [4.78, 5) is 33.7. The van der Waals surface area contributed by atoms with Crippen molar-refractivity contribution in [3.63, 3.8) is 0 Å². The minimum absolute atomic E-state index is 0.0362. The van der Waals surface area contributed by atoms with Crippen LogP contribution >= 0.6 is 11.6 Å². The maximum Gasteiger partial charge on any atom is 0.422 e. The quantitative estimate of drug-likeness (QED) is 0.853. The van der Waals surface area contributed by atoms with Gasteiger partial charge in [0, 0.05) is 11.1 Å². The number of benzene rings is 1. The van der Waals surface area contributed by atoms with Crippen molar-refractivity contribution in [3.8, 4) is 0 Å². The summed E-state index contributed by atoms with van der Waals surface area (Å²) in [6.07, 6.45) is 0. The molecule has 0 atom stereocenters. The third-order valence-corrected chi connectivity index (χ3v) is 2.37. The second kappa shape index (κ2) is 4.06. The van der Waals surface area contributed by atoms with Crippen LogP contribution in [0.15, 0.2) is 32.2 Å². The van der Waals surface area contributed by atoms with E-state index in [0.29, 0.717) is 9.59 Å². The highest BCUT2D eigenvalue weighted by molar-refractivity contribution is 6.31. The van der Waals surface area contributed by atoms with Crippen LogP contribution in [0.25, 0.3) is 11.0 Å². The topological polar surface area (TPSA) is 89.5 Å². The number of hydrogen-bond donors (Lipinski definition) is 1. The molecular weight excluding hydrogens is 250 g/mol. The predicted octanol–water partition coefficient (Wildman–Crippen LogP) is 0.693. The highest BCUT2D eigenvalue weighted by Crippen LogP contribution is 2.14. The Morgan fingerprint density at radius 1 is 1.41 bits per heavy atom. The van der Waals surface area contributed by atoms with E-state index < -0.39 is 23.8 Å². The zero-order valence-corrected chi connectivity index (χ0v) is 9.10. The number of nitrogens with zero attached hydrogens (tertiary/aromatic N) is 1.